The third-order valence-corrected chi connectivity index (χ3v) is 5.36. The Morgan fingerprint density at radius 2 is 1.75 bits per heavy atom. The van der Waals surface area contributed by atoms with Gasteiger partial charge in [-0.25, -0.2) is 13.2 Å². The molecule has 0 fully saturated rings. The first-order valence-electron chi connectivity index (χ1n) is 6.05. The summed E-state index contributed by atoms with van der Waals surface area (Å²) in [4.78, 5) is 8.62. The maximum Gasteiger partial charge on any atom is 0.341 e. The second-order valence-electron chi connectivity index (χ2n) is 5.65. The van der Waals surface area contributed by atoms with Crippen molar-refractivity contribution in [2.45, 2.75) is 36.0 Å². The molecule has 1 aromatic carbocycles. The van der Waals surface area contributed by atoms with E-state index in [0.717, 1.165) is 0 Å². The van der Waals surface area contributed by atoms with Crippen molar-refractivity contribution in [1.29, 1.82) is 0 Å². The van der Waals surface area contributed by atoms with Gasteiger partial charge in [0.25, 0.3) is 0 Å². The molecule has 20 heavy (non-hydrogen) atoms. The van der Waals surface area contributed by atoms with Gasteiger partial charge in [-0.3, -0.25) is 0 Å². The highest BCUT2D eigenvalue weighted by Gasteiger charge is 2.48. The number of carboxylic acid groups (broad SMARTS) is 1. The first kappa shape index (κ1) is 16.6. The van der Waals surface area contributed by atoms with Crippen LogP contribution in [0.15, 0.2) is 29.2 Å². The molecule has 7 heteroatoms. The van der Waals surface area contributed by atoms with E-state index in [1.807, 2.05) is 20.8 Å². The highest BCUT2D eigenvalue weighted by molar-refractivity contribution is 7.93. The van der Waals surface area contributed by atoms with Crippen LogP contribution in [0, 0.1) is 0 Å². The van der Waals surface area contributed by atoms with Gasteiger partial charge in [0.1, 0.15) is 0 Å². The van der Waals surface area contributed by atoms with Crippen molar-refractivity contribution in [2.24, 2.45) is 11.5 Å². The third-order valence-electron chi connectivity index (χ3n) is 3.13. The molecule has 6 nitrogen and oxygen atoms in total. The van der Waals surface area contributed by atoms with E-state index in [2.05, 4.69) is 0 Å². The molecule has 1 aromatic rings. The molecule has 0 saturated carbocycles. The first-order valence-corrected chi connectivity index (χ1v) is 7.53. The van der Waals surface area contributed by atoms with Crippen molar-refractivity contribution in [1.82, 2.24) is 0 Å². The van der Waals surface area contributed by atoms with E-state index in [4.69, 9.17) is 16.6 Å². The van der Waals surface area contributed by atoms with Gasteiger partial charge in [0, 0.05) is 6.54 Å². The lowest BCUT2D eigenvalue weighted by Crippen LogP contribution is -2.60. The number of sulfone groups is 1. The average molecular weight is 300 g/mol. The minimum absolute atomic E-state index is 0.0946. The summed E-state index contributed by atoms with van der Waals surface area (Å²) in [6.07, 6.45) is 0. The Labute approximate surface area is 118 Å². The average Bonchev–Trinajstić information content (AvgIpc) is 2.36. The van der Waals surface area contributed by atoms with E-state index in [1.54, 1.807) is 12.1 Å². The number of hydrogen-bond acceptors (Lipinski definition) is 5. The molecule has 0 bridgehead atoms. The SMILES string of the molecule is CC(C)(C)c1ccccc1S(=O)(=O)[C@@](N)(CN)C(=O)O. The summed E-state index contributed by atoms with van der Waals surface area (Å²) in [7, 11) is -4.31. The lowest BCUT2D eigenvalue weighted by Gasteiger charge is -2.28. The molecule has 1 atom stereocenters. The van der Waals surface area contributed by atoms with E-state index in [0.29, 0.717) is 5.56 Å². The van der Waals surface area contributed by atoms with Gasteiger partial charge in [-0.1, -0.05) is 39.0 Å². The molecule has 0 aliphatic rings. The highest BCUT2D eigenvalue weighted by Crippen LogP contribution is 2.32. The number of carboxylic acids is 1. The van der Waals surface area contributed by atoms with Crippen LogP contribution in [0.3, 0.4) is 0 Å². The topological polar surface area (TPSA) is 123 Å². The molecular weight excluding hydrogens is 280 g/mol. The van der Waals surface area contributed by atoms with Gasteiger partial charge in [-0.05, 0) is 17.0 Å². The van der Waals surface area contributed by atoms with Gasteiger partial charge in [-0.15, -0.1) is 0 Å². The molecular formula is C13H20N2O4S. The molecule has 5 N–H and O–H groups in total. The van der Waals surface area contributed by atoms with Crippen LogP contribution in [0.2, 0.25) is 0 Å². The minimum atomic E-state index is -4.31. The zero-order valence-electron chi connectivity index (χ0n) is 11.8. The Balaban J connectivity index is 3.65. The van der Waals surface area contributed by atoms with Gasteiger partial charge < -0.3 is 16.6 Å². The Hall–Kier alpha value is -1.44. The Morgan fingerprint density at radius 3 is 2.15 bits per heavy atom. The fraction of sp³-hybridized carbons (Fsp3) is 0.462. The second kappa shape index (κ2) is 5.16. The standard InChI is InChI=1S/C13H20N2O4S/c1-12(2,3)9-6-4-5-7-10(9)20(18,19)13(15,8-14)11(16)17/h4-7H,8,14-15H2,1-3H3,(H,16,17)/t13-/m0/s1. The predicted molar refractivity (Wildman–Crippen MR) is 75.9 cm³/mol. The van der Waals surface area contributed by atoms with E-state index >= 15 is 0 Å². The minimum Gasteiger partial charge on any atom is -0.479 e. The molecule has 112 valence electrons. The molecule has 0 radical (unpaired) electrons. The third kappa shape index (κ3) is 2.56. The number of carbonyl (C=O) groups is 1. The lowest BCUT2D eigenvalue weighted by atomic mass is 9.87. The van der Waals surface area contributed by atoms with Crippen molar-refractivity contribution < 1.29 is 18.3 Å². The Morgan fingerprint density at radius 1 is 1.25 bits per heavy atom. The van der Waals surface area contributed by atoms with Crippen LogP contribution >= 0.6 is 0 Å². The number of nitrogens with two attached hydrogens (primary N) is 2. The zero-order chi connectivity index (χ0) is 15.8. The van der Waals surface area contributed by atoms with Crippen molar-refractivity contribution in [3.63, 3.8) is 0 Å². The summed E-state index contributed by atoms with van der Waals surface area (Å²) in [6, 6.07) is 6.23. The molecule has 0 unspecified atom stereocenters. The molecule has 0 aliphatic carbocycles. The summed E-state index contributed by atoms with van der Waals surface area (Å²) in [5.41, 5.74) is 10.9. The Kier molecular flexibility index (Phi) is 4.28. The molecule has 1 rings (SSSR count). The van der Waals surface area contributed by atoms with Gasteiger partial charge in [0.2, 0.25) is 14.7 Å². The zero-order valence-corrected chi connectivity index (χ0v) is 12.6. The second-order valence-corrected chi connectivity index (χ2v) is 7.82. The lowest BCUT2D eigenvalue weighted by molar-refractivity contribution is -0.139. The molecule has 0 aromatic heterocycles. The van der Waals surface area contributed by atoms with E-state index in [-0.39, 0.29) is 4.90 Å². The van der Waals surface area contributed by atoms with Crippen LogP contribution in [0.5, 0.6) is 0 Å². The van der Waals surface area contributed by atoms with E-state index in [1.165, 1.54) is 12.1 Å². The van der Waals surface area contributed by atoms with Crippen LogP contribution in [0.4, 0.5) is 0 Å². The van der Waals surface area contributed by atoms with Crippen molar-refractivity contribution in [2.75, 3.05) is 6.54 Å². The summed E-state index contributed by atoms with van der Waals surface area (Å²) < 4.78 is 25.2. The summed E-state index contributed by atoms with van der Waals surface area (Å²) >= 11 is 0. The van der Waals surface area contributed by atoms with Gasteiger partial charge in [0.15, 0.2) is 0 Å². The molecule has 0 amide bonds. The van der Waals surface area contributed by atoms with E-state index < -0.39 is 32.6 Å². The normalized spacial score (nSPS) is 15.7. The van der Waals surface area contributed by atoms with Crippen molar-refractivity contribution in [3.05, 3.63) is 29.8 Å². The summed E-state index contributed by atoms with van der Waals surface area (Å²) in [5, 5.41) is 9.14. The Bertz CT molecular complexity index is 620. The largest absolute Gasteiger partial charge is 0.479 e. The van der Waals surface area contributed by atoms with Crippen LogP contribution in [0.25, 0.3) is 0 Å². The molecule has 0 saturated heterocycles. The van der Waals surface area contributed by atoms with Crippen LogP contribution in [-0.4, -0.2) is 30.9 Å². The maximum absolute atomic E-state index is 12.6. The van der Waals surface area contributed by atoms with Gasteiger partial charge in [0.05, 0.1) is 4.90 Å². The monoisotopic (exact) mass is 300 g/mol. The smallest absolute Gasteiger partial charge is 0.341 e. The van der Waals surface area contributed by atoms with Gasteiger partial charge >= 0.3 is 5.97 Å². The molecule has 0 heterocycles. The number of benzene rings is 1. The van der Waals surface area contributed by atoms with Gasteiger partial charge in [-0.2, -0.15) is 0 Å². The summed E-state index contributed by atoms with van der Waals surface area (Å²) in [6.45, 7) is 4.80. The molecule has 0 aliphatic heterocycles. The predicted octanol–water partition coefficient (Wildman–Crippen LogP) is 0.456. The number of rotatable bonds is 4. The number of aliphatic carboxylic acids is 1. The van der Waals surface area contributed by atoms with Crippen LogP contribution in [-0.2, 0) is 20.0 Å². The maximum atomic E-state index is 12.6. The van der Waals surface area contributed by atoms with Crippen molar-refractivity contribution >= 4 is 15.8 Å². The van der Waals surface area contributed by atoms with Crippen LogP contribution in [0.1, 0.15) is 26.3 Å². The summed E-state index contributed by atoms with van der Waals surface area (Å²) in [5.74, 6) is -1.66. The fourth-order valence-corrected chi connectivity index (χ4v) is 3.59. The van der Waals surface area contributed by atoms with E-state index in [9.17, 15) is 13.2 Å². The number of hydrogen-bond donors (Lipinski definition) is 3. The fourth-order valence-electron chi connectivity index (χ4n) is 1.83. The quantitative estimate of drug-likeness (QED) is 0.742. The van der Waals surface area contributed by atoms with Crippen molar-refractivity contribution in [3.8, 4) is 0 Å². The highest BCUT2D eigenvalue weighted by atomic mass is 32.2. The van der Waals surface area contributed by atoms with Crippen LogP contribution < -0.4 is 11.5 Å². The first-order chi connectivity index (χ1) is 8.98. The molecule has 0 spiro atoms.